The van der Waals surface area contributed by atoms with E-state index in [4.69, 9.17) is 4.74 Å². The van der Waals surface area contributed by atoms with Crippen LogP contribution in [0.25, 0.3) is 0 Å². The Morgan fingerprint density at radius 2 is 1.86 bits per heavy atom. The lowest BCUT2D eigenvalue weighted by atomic mass is 9.92. The summed E-state index contributed by atoms with van der Waals surface area (Å²) < 4.78 is 5.65. The summed E-state index contributed by atoms with van der Waals surface area (Å²) in [6.07, 6.45) is 3.36. The molecule has 0 unspecified atom stereocenters. The number of carbonyl (C=O) groups excluding carboxylic acids is 2. The van der Waals surface area contributed by atoms with Crippen LogP contribution in [0.2, 0.25) is 0 Å². The fourth-order valence-corrected chi connectivity index (χ4v) is 2.40. The highest BCUT2D eigenvalue weighted by molar-refractivity contribution is 6.06. The zero-order chi connectivity index (χ0) is 15.5. The van der Waals surface area contributed by atoms with Gasteiger partial charge in [0.1, 0.15) is 11.3 Å². The van der Waals surface area contributed by atoms with Crippen molar-refractivity contribution < 1.29 is 14.3 Å². The molecule has 1 heterocycles. The molecule has 0 spiro atoms. The molecule has 3 amide bonds. The number of carbonyl (C=O) groups is 2. The van der Waals surface area contributed by atoms with Crippen LogP contribution in [-0.4, -0.2) is 30.5 Å². The summed E-state index contributed by atoms with van der Waals surface area (Å²) in [5.74, 6) is 0.535. The Hall–Kier alpha value is -2.04. The second-order valence-electron chi connectivity index (χ2n) is 5.50. The fraction of sp³-hybridized carbons (Fsp3) is 0.500. The lowest BCUT2D eigenvalue weighted by Crippen LogP contribution is -2.40. The van der Waals surface area contributed by atoms with Crippen LogP contribution in [-0.2, 0) is 10.3 Å². The molecule has 0 saturated carbocycles. The number of unbranched alkanes of at least 4 members (excludes halogenated alkanes) is 2. The number of urea groups is 1. The van der Waals surface area contributed by atoms with Gasteiger partial charge in [0.05, 0.1) is 6.61 Å². The quantitative estimate of drug-likeness (QED) is 0.647. The summed E-state index contributed by atoms with van der Waals surface area (Å²) in [7, 11) is 1.48. The summed E-state index contributed by atoms with van der Waals surface area (Å²) in [4.78, 5) is 24.9. The zero-order valence-electron chi connectivity index (χ0n) is 12.8. The number of benzene rings is 1. The Labute approximate surface area is 125 Å². The molecule has 5 heteroatoms. The van der Waals surface area contributed by atoms with Crippen molar-refractivity contribution in [1.29, 1.82) is 0 Å². The van der Waals surface area contributed by atoms with Crippen LogP contribution in [0.15, 0.2) is 24.3 Å². The third-order valence-electron chi connectivity index (χ3n) is 3.84. The van der Waals surface area contributed by atoms with E-state index < -0.39 is 5.54 Å². The fourth-order valence-electron chi connectivity index (χ4n) is 2.40. The number of nitrogens with zero attached hydrogens (tertiary/aromatic N) is 1. The van der Waals surface area contributed by atoms with Crippen LogP contribution >= 0.6 is 0 Å². The number of rotatable bonds is 6. The minimum Gasteiger partial charge on any atom is -0.494 e. The van der Waals surface area contributed by atoms with E-state index in [1.165, 1.54) is 7.05 Å². The van der Waals surface area contributed by atoms with Crippen molar-refractivity contribution >= 4 is 11.9 Å². The standard InChI is InChI=1S/C16H22N2O3/c1-4-5-6-11-21-13-9-7-12(8-10-13)16(2)14(19)18(3)15(20)17-16/h7-10H,4-6,11H2,1-3H3,(H,17,20)/t16-/m0/s1. The van der Waals surface area contributed by atoms with Gasteiger partial charge in [-0.2, -0.15) is 0 Å². The molecule has 1 aromatic carbocycles. The molecule has 1 aliphatic rings. The minimum atomic E-state index is -0.993. The number of amides is 3. The van der Waals surface area contributed by atoms with Gasteiger partial charge in [-0.1, -0.05) is 31.9 Å². The highest BCUT2D eigenvalue weighted by Gasteiger charge is 2.47. The molecule has 1 N–H and O–H groups in total. The van der Waals surface area contributed by atoms with E-state index >= 15 is 0 Å². The molecule has 5 nitrogen and oxygen atoms in total. The first-order chi connectivity index (χ1) is 9.99. The Morgan fingerprint density at radius 1 is 1.19 bits per heavy atom. The average molecular weight is 290 g/mol. The summed E-state index contributed by atoms with van der Waals surface area (Å²) in [6.45, 7) is 4.57. The van der Waals surface area contributed by atoms with Crippen molar-refractivity contribution in [2.75, 3.05) is 13.7 Å². The SMILES string of the molecule is CCCCCOc1ccc([C@]2(C)NC(=O)N(C)C2=O)cc1. The molecule has 1 saturated heterocycles. The molecule has 0 aliphatic carbocycles. The van der Waals surface area contributed by atoms with Gasteiger partial charge in [-0.25, -0.2) is 4.79 Å². The smallest absolute Gasteiger partial charge is 0.325 e. The normalized spacial score (nSPS) is 21.6. The second-order valence-corrected chi connectivity index (χ2v) is 5.50. The monoisotopic (exact) mass is 290 g/mol. The van der Waals surface area contributed by atoms with Gasteiger partial charge in [0.25, 0.3) is 5.91 Å². The average Bonchev–Trinajstić information content (AvgIpc) is 2.69. The Balaban J connectivity index is 2.05. The lowest BCUT2D eigenvalue weighted by molar-refractivity contribution is -0.130. The first-order valence-corrected chi connectivity index (χ1v) is 7.32. The molecular formula is C16H22N2O3. The third-order valence-corrected chi connectivity index (χ3v) is 3.84. The van der Waals surface area contributed by atoms with Crippen LogP contribution in [0.4, 0.5) is 4.79 Å². The first-order valence-electron chi connectivity index (χ1n) is 7.32. The Kier molecular flexibility index (Phi) is 4.50. The van der Waals surface area contributed by atoms with Crippen molar-refractivity contribution in [1.82, 2.24) is 10.2 Å². The summed E-state index contributed by atoms with van der Waals surface area (Å²) in [5.41, 5.74) is -0.238. The zero-order valence-corrected chi connectivity index (χ0v) is 12.8. The molecule has 1 atom stereocenters. The number of imide groups is 1. The molecule has 1 aliphatic heterocycles. The van der Waals surface area contributed by atoms with Gasteiger partial charge < -0.3 is 10.1 Å². The van der Waals surface area contributed by atoms with Crippen molar-refractivity contribution in [3.63, 3.8) is 0 Å². The van der Waals surface area contributed by atoms with Gasteiger partial charge in [0.2, 0.25) is 0 Å². The number of likely N-dealkylation sites (N-methyl/N-ethyl adjacent to an activating group) is 1. The van der Waals surface area contributed by atoms with E-state index in [9.17, 15) is 9.59 Å². The van der Waals surface area contributed by atoms with E-state index in [0.29, 0.717) is 6.61 Å². The van der Waals surface area contributed by atoms with Gasteiger partial charge in [0, 0.05) is 7.05 Å². The number of nitrogens with one attached hydrogen (secondary N) is 1. The Bertz CT molecular complexity index is 527. The summed E-state index contributed by atoms with van der Waals surface area (Å²) >= 11 is 0. The van der Waals surface area contributed by atoms with E-state index in [-0.39, 0.29) is 11.9 Å². The van der Waals surface area contributed by atoms with Gasteiger partial charge >= 0.3 is 6.03 Å². The second kappa shape index (κ2) is 6.16. The molecule has 2 rings (SSSR count). The first kappa shape index (κ1) is 15.4. The van der Waals surface area contributed by atoms with Gasteiger partial charge in [-0.15, -0.1) is 0 Å². The van der Waals surface area contributed by atoms with Crippen LogP contribution in [0.3, 0.4) is 0 Å². The number of ether oxygens (including phenoxy) is 1. The molecule has 21 heavy (non-hydrogen) atoms. The van der Waals surface area contributed by atoms with Crippen LogP contribution in [0, 0.1) is 0 Å². The van der Waals surface area contributed by atoms with E-state index in [1.54, 1.807) is 6.92 Å². The molecule has 1 fully saturated rings. The van der Waals surface area contributed by atoms with E-state index in [0.717, 1.165) is 35.5 Å². The van der Waals surface area contributed by atoms with Gasteiger partial charge in [-0.3, -0.25) is 9.69 Å². The summed E-state index contributed by atoms with van der Waals surface area (Å²) in [5, 5.41) is 2.72. The number of hydrogen-bond donors (Lipinski definition) is 1. The minimum absolute atomic E-state index is 0.246. The van der Waals surface area contributed by atoms with Crippen LogP contribution in [0.5, 0.6) is 5.75 Å². The van der Waals surface area contributed by atoms with E-state index in [2.05, 4.69) is 12.2 Å². The van der Waals surface area contributed by atoms with Crippen molar-refractivity contribution in [2.24, 2.45) is 0 Å². The van der Waals surface area contributed by atoms with Gasteiger partial charge in [0.15, 0.2) is 0 Å². The molecular weight excluding hydrogens is 268 g/mol. The van der Waals surface area contributed by atoms with Crippen molar-refractivity contribution in [2.45, 2.75) is 38.6 Å². The predicted octanol–water partition coefficient (Wildman–Crippen LogP) is 2.65. The summed E-state index contributed by atoms with van der Waals surface area (Å²) in [6, 6.07) is 6.95. The molecule has 1 aromatic rings. The highest BCUT2D eigenvalue weighted by Crippen LogP contribution is 2.29. The molecule has 0 bridgehead atoms. The maximum absolute atomic E-state index is 12.2. The largest absolute Gasteiger partial charge is 0.494 e. The number of hydrogen-bond acceptors (Lipinski definition) is 3. The highest BCUT2D eigenvalue weighted by atomic mass is 16.5. The Morgan fingerprint density at radius 3 is 2.38 bits per heavy atom. The molecule has 114 valence electrons. The van der Waals surface area contributed by atoms with Crippen LogP contribution < -0.4 is 10.1 Å². The molecule has 0 aromatic heterocycles. The maximum Gasteiger partial charge on any atom is 0.325 e. The maximum atomic E-state index is 12.2. The van der Waals surface area contributed by atoms with Crippen molar-refractivity contribution in [3.05, 3.63) is 29.8 Å². The van der Waals surface area contributed by atoms with Crippen LogP contribution in [0.1, 0.15) is 38.7 Å². The lowest BCUT2D eigenvalue weighted by Gasteiger charge is -2.21. The van der Waals surface area contributed by atoms with Crippen molar-refractivity contribution in [3.8, 4) is 5.75 Å². The predicted molar refractivity (Wildman–Crippen MR) is 80.1 cm³/mol. The molecule has 0 radical (unpaired) electrons. The van der Waals surface area contributed by atoms with E-state index in [1.807, 2.05) is 24.3 Å². The topological polar surface area (TPSA) is 58.6 Å². The van der Waals surface area contributed by atoms with Gasteiger partial charge in [-0.05, 0) is 31.0 Å². The third kappa shape index (κ3) is 3.01.